The number of hydrogen-bond acceptors (Lipinski definition) is 4. The van der Waals surface area contributed by atoms with Gasteiger partial charge in [-0.25, -0.2) is 9.69 Å². The summed E-state index contributed by atoms with van der Waals surface area (Å²) in [5, 5.41) is 2.76. The smallest absolute Gasteiger partial charge is 0.335 e. The predicted octanol–water partition coefficient (Wildman–Crippen LogP) is 6.47. The molecule has 0 aromatic heterocycles. The van der Waals surface area contributed by atoms with Crippen molar-refractivity contribution in [3.63, 3.8) is 0 Å². The first-order valence-corrected chi connectivity index (χ1v) is 12.5. The molecule has 2 aromatic carbocycles. The number of nitrogens with one attached hydrogen (secondary N) is 1. The minimum atomic E-state index is -0.830. The zero-order valence-electron chi connectivity index (χ0n) is 20.5. The summed E-state index contributed by atoms with van der Waals surface area (Å²) in [5.74, 6) is -1.12. The minimum absolute atomic E-state index is 0.0365. The predicted molar refractivity (Wildman–Crippen MR) is 141 cm³/mol. The first-order valence-electron chi connectivity index (χ1n) is 11.7. The summed E-state index contributed by atoms with van der Waals surface area (Å²) in [6.45, 7) is 11.8. The van der Waals surface area contributed by atoms with Gasteiger partial charge in [-0.05, 0) is 92.6 Å². The summed E-state index contributed by atoms with van der Waals surface area (Å²) in [6.07, 6.45) is 3.61. The largest absolute Gasteiger partial charge is 0.366 e. The number of urea groups is 1. The quantitative estimate of drug-likeness (QED) is 0.375. The molecule has 0 saturated carbocycles. The molecule has 35 heavy (non-hydrogen) atoms. The van der Waals surface area contributed by atoms with Gasteiger partial charge < -0.3 is 4.90 Å². The van der Waals surface area contributed by atoms with Gasteiger partial charge in [0.05, 0.1) is 15.7 Å². The summed E-state index contributed by atoms with van der Waals surface area (Å²) in [6, 6.07) is 7.81. The third-order valence-electron chi connectivity index (χ3n) is 6.78. The van der Waals surface area contributed by atoms with Crippen LogP contribution in [0.5, 0.6) is 0 Å². The molecule has 2 heterocycles. The maximum atomic E-state index is 13.3. The number of imide groups is 2. The highest BCUT2D eigenvalue weighted by molar-refractivity contribution is 6.43. The highest BCUT2D eigenvalue weighted by atomic mass is 35.5. The van der Waals surface area contributed by atoms with Crippen LogP contribution < -0.4 is 15.1 Å². The Morgan fingerprint density at radius 2 is 1.83 bits per heavy atom. The number of carbonyl (C=O) groups is 3. The third kappa shape index (κ3) is 4.57. The van der Waals surface area contributed by atoms with E-state index in [0.717, 1.165) is 35.4 Å². The van der Waals surface area contributed by atoms with Crippen molar-refractivity contribution in [1.29, 1.82) is 0 Å². The van der Waals surface area contributed by atoms with Crippen LogP contribution in [-0.4, -0.2) is 29.9 Å². The first-order chi connectivity index (χ1) is 16.4. The van der Waals surface area contributed by atoms with Crippen LogP contribution in [-0.2, 0) is 9.59 Å². The Hall–Kier alpha value is -2.83. The number of nitrogens with zero attached hydrogens (tertiary/aromatic N) is 2. The minimum Gasteiger partial charge on any atom is -0.366 e. The number of carbonyl (C=O) groups excluding carboxylic acids is 3. The topological polar surface area (TPSA) is 69.7 Å². The van der Waals surface area contributed by atoms with E-state index < -0.39 is 17.8 Å². The highest BCUT2D eigenvalue weighted by Gasteiger charge is 2.38. The fourth-order valence-electron chi connectivity index (χ4n) is 5.12. The number of rotatable bonds is 4. The summed E-state index contributed by atoms with van der Waals surface area (Å²) in [5.41, 5.74) is 4.25. The molecule has 4 amide bonds. The van der Waals surface area contributed by atoms with Gasteiger partial charge in [0.1, 0.15) is 5.57 Å². The number of fused-ring (bicyclic) bond motifs is 1. The van der Waals surface area contributed by atoms with E-state index >= 15 is 0 Å². The zero-order chi connectivity index (χ0) is 25.7. The van der Waals surface area contributed by atoms with Gasteiger partial charge in [0.2, 0.25) is 0 Å². The van der Waals surface area contributed by atoms with E-state index in [1.54, 1.807) is 6.08 Å². The number of anilines is 2. The van der Waals surface area contributed by atoms with Crippen LogP contribution >= 0.6 is 23.2 Å². The van der Waals surface area contributed by atoms with E-state index in [0.29, 0.717) is 10.9 Å². The highest BCUT2D eigenvalue weighted by Crippen LogP contribution is 2.44. The molecule has 184 valence electrons. The van der Waals surface area contributed by atoms with E-state index in [4.69, 9.17) is 23.2 Å². The molecule has 1 fully saturated rings. The Bertz CT molecular complexity index is 1270. The van der Waals surface area contributed by atoms with Gasteiger partial charge in [0.15, 0.2) is 0 Å². The molecule has 2 aliphatic heterocycles. The average Bonchev–Trinajstić information content (AvgIpc) is 2.76. The van der Waals surface area contributed by atoms with Gasteiger partial charge in [0, 0.05) is 17.8 Å². The van der Waals surface area contributed by atoms with Crippen molar-refractivity contribution in [1.82, 2.24) is 5.32 Å². The summed E-state index contributed by atoms with van der Waals surface area (Å²) < 4.78 is 0. The lowest BCUT2D eigenvalue weighted by Crippen LogP contribution is -2.54. The van der Waals surface area contributed by atoms with Crippen LogP contribution in [0, 0.1) is 6.92 Å². The van der Waals surface area contributed by atoms with Crippen molar-refractivity contribution >= 4 is 58.5 Å². The molecular weight excluding hydrogens is 485 g/mol. The maximum absolute atomic E-state index is 13.3. The molecule has 0 radical (unpaired) electrons. The van der Waals surface area contributed by atoms with Crippen LogP contribution in [0.3, 0.4) is 0 Å². The Balaban J connectivity index is 1.77. The van der Waals surface area contributed by atoms with Crippen molar-refractivity contribution < 1.29 is 14.4 Å². The number of halogens is 2. The second-order valence-electron chi connectivity index (χ2n) is 9.89. The monoisotopic (exact) mass is 513 g/mol. The van der Waals surface area contributed by atoms with Crippen LogP contribution in [0.15, 0.2) is 35.9 Å². The second-order valence-corrected chi connectivity index (χ2v) is 10.7. The van der Waals surface area contributed by atoms with Crippen LogP contribution in [0.25, 0.3) is 6.08 Å². The van der Waals surface area contributed by atoms with Gasteiger partial charge in [-0.15, -0.1) is 0 Å². The molecule has 1 atom stereocenters. The van der Waals surface area contributed by atoms with E-state index in [1.807, 2.05) is 6.92 Å². The molecule has 6 nitrogen and oxygen atoms in total. The molecular formula is C27H29Cl2N3O3. The molecule has 4 rings (SSSR count). The molecule has 2 aromatic rings. The van der Waals surface area contributed by atoms with E-state index in [9.17, 15) is 14.4 Å². The lowest BCUT2D eigenvalue weighted by molar-refractivity contribution is -0.122. The normalized spacial score (nSPS) is 20.8. The van der Waals surface area contributed by atoms with Crippen molar-refractivity contribution in [2.45, 2.75) is 58.9 Å². The average molecular weight is 514 g/mol. The Morgan fingerprint density at radius 1 is 1.11 bits per heavy atom. The van der Waals surface area contributed by atoms with Crippen molar-refractivity contribution in [3.05, 3.63) is 62.6 Å². The van der Waals surface area contributed by atoms with Gasteiger partial charge in [0.25, 0.3) is 11.8 Å². The molecule has 1 N–H and O–H groups in total. The van der Waals surface area contributed by atoms with Crippen LogP contribution in [0.2, 0.25) is 10.0 Å². The summed E-state index contributed by atoms with van der Waals surface area (Å²) in [4.78, 5) is 41.9. The fraction of sp³-hybridized carbons (Fsp3) is 0.370. The SMILES string of the molecule is CCCN1c2cc(C)c(/C=C3/C(=O)NC(=O)N(c4ccc(Cl)c(Cl)c4)C3=O)cc2C(C)CC1(C)C. The Labute approximate surface area is 215 Å². The van der Waals surface area contributed by atoms with Gasteiger partial charge in [-0.1, -0.05) is 37.0 Å². The number of benzene rings is 2. The van der Waals surface area contributed by atoms with Gasteiger partial charge in [-0.2, -0.15) is 0 Å². The summed E-state index contributed by atoms with van der Waals surface area (Å²) in [7, 11) is 0. The van der Waals surface area contributed by atoms with Crippen molar-refractivity contribution in [2.24, 2.45) is 0 Å². The molecule has 0 spiro atoms. The Kier molecular flexibility index (Phi) is 6.73. The number of barbiturate groups is 1. The molecule has 1 saturated heterocycles. The fourth-order valence-corrected chi connectivity index (χ4v) is 5.42. The lowest BCUT2D eigenvalue weighted by Gasteiger charge is -2.48. The number of hydrogen-bond donors (Lipinski definition) is 1. The summed E-state index contributed by atoms with van der Waals surface area (Å²) >= 11 is 12.1. The van der Waals surface area contributed by atoms with Gasteiger partial charge in [-0.3, -0.25) is 14.9 Å². The van der Waals surface area contributed by atoms with E-state index in [1.165, 1.54) is 29.4 Å². The van der Waals surface area contributed by atoms with Gasteiger partial charge >= 0.3 is 6.03 Å². The molecule has 8 heteroatoms. The number of amides is 4. The van der Waals surface area contributed by atoms with Crippen molar-refractivity contribution in [3.8, 4) is 0 Å². The Morgan fingerprint density at radius 3 is 2.49 bits per heavy atom. The van der Waals surface area contributed by atoms with Crippen LogP contribution in [0.1, 0.15) is 63.1 Å². The third-order valence-corrected chi connectivity index (χ3v) is 7.52. The molecule has 1 unspecified atom stereocenters. The van der Waals surface area contributed by atoms with E-state index in [2.05, 4.69) is 50.0 Å². The number of aryl methyl sites for hydroxylation is 1. The van der Waals surface area contributed by atoms with Crippen LogP contribution in [0.4, 0.5) is 16.2 Å². The molecule has 2 aliphatic rings. The first kappa shape index (κ1) is 25.3. The maximum Gasteiger partial charge on any atom is 0.335 e. The zero-order valence-corrected chi connectivity index (χ0v) is 22.0. The van der Waals surface area contributed by atoms with E-state index in [-0.39, 0.29) is 21.8 Å². The standard InChI is InChI=1S/C27H29Cl2N3O3/c1-6-9-31-23-10-15(2)17(11-19(23)16(3)14-27(31,4)5)12-20-24(33)30-26(35)32(25(20)34)18-7-8-21(28)22(29)13-18/h7-8,10-13,16H,6,9,14H2,1-5H3,(H,30,33,35)/b20-12-. The molecule has 0 bridgehead atoms. The molecule has 0 aliphatic carbocycles. The second kappa shape index (κ2) is 9.32. The lowest BCUT2D eigenvalue weighted by atomic mass is 9.78. The van der Waals surface area contributed by atoms with Crippen molar-refractivity contribution in [2.75, 3.05) is 16.3 Å².